The lowest BCUT2D eigenvalue weighted by molar-refractivity contribution is 0.0963. The molecule has 7 heteroatoms. The third kappa shape index (κ3) is 2.48. The predicted molar refractivity (Wildman–Crippen MR) is 83.7 cm³/mol. The van der Waals surface area contributed by atoms with Gasteiger partial charge in [0.15, 0.2) is 5.78 Å². The summed E-state index contributed by atoms with van der Waals surface area (Å²) in [6.07, 6.45) is 5.04. The van der Waals surface area contributed by atoms with Crippen molar-refractivity contribution in [3.63, 3.8) is 0 Å². The summed E-state index contributed by atoms with van der Waals surface area (Å²) in [5, 5.41) is 13.0. The van der Waals surface area contributed by atoms with E-state index in [0.717, 1.165) is 16.5 Å². The van der Waals surface area contributed by atoms with E-state index in [4.69, 9.17) is 0 Å². The molecular weight excluding hydrogens is 292 g/mol. The number of ketones is 1. The molecule has 4 aromatic rings. The zero-order chi connectivity index (χ0) is 15.6. The number of carbonyl (C=O) groups excluding carboxylic acids is 1. The number of fused-ring (bicyclic) bond motifs is 1. The van der Waals surface area contributed by atoms with Gasteiger partial charge in [0.2, 0.25) is 5.82 Å². The highest BCUT2D eigenvalue weighted by molar-refractivity contribution is 6.07. The van der Waals surface area contributed by atoms with Gasteiger partial charge in [0.25, 0.3) is 0 Å². The number of nitrogens with zero attached hydrogens (tertiary/aromatic N) is 5. The zero-order valence-electron chi connectivity index (χ0n) is 12.0. The number of pyridine rings is 1. The number of aromatic amines is 1. The Morgan fingerprint density at radius 2 is 2.09 bits per heavy atom. The van der Waals surface area contributed by atoms with Crippen LogP contribution in [0.2, 0.25) is 0 Å². The molecule has 0 aliphatic heterocycles. The predicted octanol–water partition coefficient (Wildman–Crippen LogP) is 2.10. The average Bonchev–Trinajstić information content (AvgIpc) is 3.22. The molecule has 0 spiro atoms. The van der Waals surface area contributed by atoms with Gasteiger partial charge in [-0.1, -0.05) is 18.2 Å². The van der Waals surface area contributed by atoms with E-state index in [9.17, 15) is 4.79 Å². The van der Waals surface area contributed by atoms with Gasteiger partial charge in [-0.25, -0.2) is 0 Å². The minimum atomic E-state index is -0.0717. The van der Waals surface area contributed by atoms with Crippen molar-refractivity contribution in [1.82, 2.24) is 30.2 Å². The van der Waals surface area contributed by atoms with Gasteiger partial charge < -0.3 is 4.98 Å². The van der Waals surface area contributed by atoms with Gasteiger partial charge in [-0.3, -0.25) is 9.78 Å². The third-order valence-electron chi connectivity index (χ3n) is 3.55. The number of H-pyrrole nitrogens is 1. The Hall–Kier alpha value is -3.35. The van der Waals surface area contributed by atoms with Gasteiger partial charge in [-0.2, -0.15) is 4.80 Å². The van der Waals surface area contributed by atoms with Crippen molar-refractivity contribution < 1.29 is 4.79 Å². The first-order valence-corrected chi connectivity index (χ1v) is 7.09. The second kappa shape index (κ2) is 5.45. The van der Waals surface area contributed by atoms with Gasteiger partial charge in [0.05, 0.1) is 0 Å². The molecule has 0 atom stereocenters. The highest BCUT2D eigenvalue weighted by atomic mass is 16.1. The molecule has 0 amide bonds. The first-order chi connectivity index (χ1) is 11.3. The monoisotopic (exact) mass is 304 g/mol. The number of tetrazole rings is 1. The molecule has 0 bridgehead atoms. The number of Topliss-reactive ketones (excluding diaryl/α,β-unsaturated/α-hetero) is 1. The third-order valence-corrected chi connectivity index (χ3v) is 3.55. The van der Waals surface area contributed by atoms with Crippen LogP contribution in [0, 0.1) is 0 Å². The number of nitrogens with one attached hydrogen (secondary N) is 1. The van der Waals surface area contributed by atoms with Crippen LogP contribution in [0.1, 0.15) is 10.4 Å². The van der Waals surface area contributed by atoms with Crippen LogP contribution in [-0.2, 0) is 6.54 Å². The molecule has 0 radical (unpaired) electrons. The number of carbonyl (C=O) groups is 1. The van der Waals surface area contributed by atoms with Crippen LogP contribution >= 0.6 is 0 Å². The summed E-state index contributed by atoms with van der Waals surface area (Å²) in [6, 6.07) is 11.3. The highest BCUT2D eigenvalue weighted by Gasteiger charge is 2.14. The van der Waals surface area contributed by atoms with Crippen LogP contribution in [0.15, 0.2) is 55.0 Å². The molecule has 0 saturated heterocycles. The van der Waals surface area contributed by atoms with Crippen molar-refractivity contribution >= 4 is 16.7 Å². The van der Waals surface area contributed by atoms with Crippen LogP contribution in [0.25, 0.3) is 22.3 Å². The van der Waals surface area contributed by atoms with E-state index in [1.807, 2.05) is 30.3 Å². The highest BCUT2D eigenvalue weighted by Crippen LogP contribution is 2.18. The second-order valence-corrected chi connectivity index (χ2v) is 5.06. The summed E-state index contributed by atoms with van der Waals surface area (Å²) in [4.78, 5) is 20.9. The molecule has 112 valence electrons. The summed E-state index contributed by atoms with van der Waals surface area (Å²) < 4.78 is 0. The minimum absolute atomic E-state index is 0.0368. The smallest absolute Gasteiger partial charge is 0.206 e. The number of hydrogen-bond acceptors (Lipinski definition) is 5. The summed E-state index contributed by atoms with van der Waals surface area (Å²) in [7, 11) is 0. The van der Waals surface area contributed by atoms with Crippen molar-refractivity contribution in [3.8, 4) is 11.4 Å². The van der Waals surface area contributed by atoms with Crippen molar-refractivity contribution in [2.45, 2.75) is 6.54 Å². The summed E-state index contributed by atoms with van der Waals surface area (Å²) in [5.41, 5.74) is 2.32. The number of rotatable bonds is 4. The Bertz CT molecular complexity index is 972. The molecular formula is C16H12N6O. The normalized spacial score (nSPS) is 11.0. The Labute approximate surface area is 131 Å². The number of para-hydroxylation sites is 1. The molecule has 1 N–H and O–H groups in total. The quantitative estimate of drug-likeness (QED) is 0.583. The molecule has 7 nitrogen and oxygen atoms in total. The van der Waals surface area contributed by atoms with Crippen LogP contribution in [0.4, 0.5) is 0 Å². The standard InChI is InChI=1S/C16H12N6O/c23-15(13-9-18-14-6-2-1-5-12(13)14)10-22-20-16(19-21-22)11-4-3-7-17-8-11/h1-9,18H,10H2. The lowest BCUT2D eigenvalue weighted by Crippen LogP contribution is -2.13. The van der Waals surface area contributed by atoms with Gasteiger partial charge in [0.1, 0.15) is 6.54 Å². The average molecular weight is 304 g/mol. The van der Waals surface area contributed by atoms with E-state index in [1.54, 1.807) is 24.7 Å². The van der Waals surface area contributed by atoms with Gasteiger partial charge in [-0.05, 0) is 23.4 Å². The fraction of sp³-hybridized carbons (Fsp3) is 0.0625. The van der Waals surface area contributed by atoms with Crippen molar-refractivity contribution in [1.29, 1.82) is 0 Å². The molecule has 1 aromatic carbocycles. The molecule has 23 heavy (non-hydrogen) atoms. The van der Waals surface area contributed by atoms with Crippen LogP contribution < -0.4 is 0 Å². The van der Waals surface area contributed by atoms with Crippen LogP contribution in [-0.4, -0.2) is 36.0 Å². The second-order valence-electron chi connectivity index (χ2n) is 5.06. The van der Waals surface area contributed by atoms with Crippen molar-refractivity contribution in [2.75, 3.05) is 0 Å². The van der Waals surface area contributed by atoms with Gasteiger partial charge >= 0.3 is 0 Å². The van der Waals surface area contributed by atoms with E-state index >= 15 is 0 Å². The Balaban J connectivity index is 1.59. The van der Waals surface area contributed by atoms with Crippen molar-refractivity contribution in [3.05, 3.63) is 60.6 Å². The number of benzene rings is 1. The molecule has 0 saturated carbocycles. The minimum Gasteiger partial charge on any atom is -0.360 e. The Morgan fingerprint density at radius 1 is 1.17 bits per heavy atom. The summed E-state index contributed by atoms with van der Waals surface area (Å²) >= 11 is 0. The number of aromatic nitrogens is 6. The molecule has 0 aliphatic carbocycles. The maximum atomic E-state index is 12.5. The largest absolute Gasteiger partial charge is 0.360 e. The fourth-order valence-electron chi connectivity index (χ4n) is 2.44. The Morgan fingerprint density at radius 3 is 2.96 bits per heavy atom. The Kier molecular flexibility index (Phi) is 3.16. The van der Waals surface area contributed by atoms with Crippen LogP contribution in [0.5, 0.6) is 0 Å². The molecule has 3 heterocycles. The maximum Gasteiger partial charge on any atom is 0.206 e. The molecule has 0 fully saturated rings. The van der Waals surface area contributed by atoms with E-state index in [2.05, 4.69) is 25.4 Å². The topological polar surface area (TPSA) is 89.3 Å². The van der Waals surface area contributed by atoms with Gasteiger partial charge in [-0.15, -0.1) is 10.2 Å². The maximum absolute atomic E-state index is 12.5. The van der Waals surface area contributed by atoms with Crippen LogP contribution in [0.3, 0.4) is 0 Å². The first-order valence-electron chi connectivity index (χ1n) is 7.09. The molecule has 0 unspecified atom stereocenters. The SMILES string of the molecule is O=C(Cn1nnc(-c2cccnc2)n1)c1c[nH]c2ccccc12. The zero-order valence-corrected chi connectivity index (χ0v) is 12.0. The van der Waals surface area contributed by atoms with Crippen molar-refractivity contribution in [2.24, 2.45) is 0 Å². The fourth-order valence-corrected chi connectivity index (χ4v) is 2.44. The lowest BCUT2D eigenvalue weighted by Gasteiger charge is -1.98. The summed E-state index contributed by atoms with van der Waals surface area (Å²) in [6.45, 7) is 0.0368. The van der Waals surface area contributed by atoms with E-state index in [1.165, 1.54) is 4.80 Å². The van der Waals surface area contributed by atoms with E-state index in [0.29, 0.717) is 11.4 Å². The van der Waals surface area contributed by atoms with E-state index < -0.39 is 0 Å². The van der Waals surface area contributed by atoms with Gasteiger partial charge in [0, 0.05) is 40.6 Å². The first kappa shape index (κ1) is 13.3. The summed E-state index contributed by atoms with van der Waals surface area (Å²) in [5.74, 6) is 0.377. The molecule has 3 aromatic heterocycles. The number of hydrogen-bond donors (Lipinski definition) is 1. The lowest BCUT2D eigenvalue weighted by atomic mass is 10.1. The molecule has 4 rings (SSSR count). The van der Waals surface area contributed by atoms with E-state index in [-0.39, 0.29) is 12.3 Å². The molecule has 0 aliphatic rings.